The van der Waals surface area contributed by atoms with Crippen LogP contribution >= 0.6 is 0 Å². The standard InChI is InChI=1S/C20H34O2/c1-3-5-6-7-8-9-10-11-12-13-14-18-19(21)16-15-17(4-2)20(18)22/h15-16,21-22H,3-14H2,1-2H3. The Morgan fingerprint density at radius 1 is 0.727 bits per heavy atom. The van der Waals surface area contributed by atoms with Gasteiger partial charge in [0, 0.05) is 5.56 Å². The molecular weight excluding hydrogens is 272 g/mol. The van der Waals surface area contributed by atoms with Gasteiger partial charge >= 0.3 is 0 Å². The second-order valence-corrected chi connectivity index (χ2v) is 6.36. The van der Waals surface area contributed by atoms with Crippen molar-refractivity contribution in [2.75, 3.05) is 0 Å². The third-order valence-corrected chi connectivity index (χ3v) is 4.50. The van der Waals surface area contributed by atoms with Crippen LogP contribution in [-0.4, -0.2) is 10.2 Å². The highest BCUT2D eigenvalue weighted by Gasteiger charge is 2.10. The van der Waals surface area contributed by atoms with E-state index in [2.05, 4.69) is 6.92 Å². The zero-order chi connectivity index (χ0) is 16.2. The van der Waals surface area contributed by atoms with Gasteiger partial charge in [-0.3, -0.25) is 0 Å². The molecule has 0 heterocycles. The summed E-state index contributed by atoms with van der Waals surface area (Å²) in [5.41, 5.74) is 1.67. The SMILES string of the molecule is CCCCCCCCCCCCc1c(O)ccc(CC)c1O. The number of phenolic OH excluding ortho intramolecular Hbond substituents is 2. The zero-order valence-corrected chi connectivity index (χ0v) is 14.5. The maximum Gasteiger partial charge on any atom is 0.125 e. The van der Waals surface area contributed by atoms with E-state index >= 15 is 0 Å². The summed E-state index contributed by atoms with van der Waals surface area (Å²) in [4.78, 5) is 0. The van der Waals surface area contributed by atoms with E-state index in [9.17, 15) is 10.2 Å². The number of rotatable bonds is 12. The quantitative estimate of drug-likeness (QED) is 0.456. The monoisotopic (exact) mass is 306 g/mol. The predicted molar refractivity (Wildman–Crippen MR) is 94.7 cm³/mol. The average Bonchev–Trinajstić information content (AvgIpc) is 2.52. The number of aromatic hydroxyl groups is 2. The first-order chi connectivity index (χ1) is 10.7. The Labute approximate surface area is 136 Å². The zero-order valence-electron chi connectivity index (χ0n) is 14.5. The molecule has 1 rings (SSSR count). The lowest BCUT2D eigenvalue weighted by Gasteiger charge is -2.10. The number of phenols is 2. The minimum Gasteiger partial charge on any atom is -0.508 e. The summed E-state index contributed by atoms with van der Waals surface area (Å²) in [5, 5.41) is 20.0. The Bertz CT molecular complexity index is 412. The Morgan fingerprint density at radius 3 is 1.82 bits per heavy atom. The summed E-state index contributed by atoms with van der Waals surface area (Å²) >= 11 is 0. The van der Waals surface area contributed by atoms with Crippen LogP contribution in [0.2, 0.25) is 0 Å². The van der Waals surface area contributed by atoms with E-state index in [-0.39, 0.29) is 5.75 Å². The van der Waals surface area contributed by atoms with E-state index in [0.717, 1.165) is 30.4 Å². The molecule has 126 valence electrons. The number of benzene rings is 1. The number of unbranched alkanes of at least 4 members (excludes halogenated alkanes) is 9. The highest BCUT2D eigenvalue weighted by molar-refractivity contribution is 5.48. The summed E-state index contributed by atoms with van der Waals surface area (Å²) in [6, 6.07) is 3.52. The number of aryl methyl sites for hydroxylation is 1. The van der Waals surface area contributed by atoms with Crippen LogP contribution < -0.4 is 0 Å². The molecule has 0 aliphatic carbocycles. The second-order valence-electron chi connectivity index (χ2n) is 6.36. The normalized spacial score (nSPS) is 11.0. The molecule has 22 heavy (non-hydrogen) atoms. The van der Waals surface area contributed by atoms with E-state index in [1.165, 1.54) is 57.8 Å². The molecule has 0 aliphatic rings. The van der Waals surface area contributed by atoms with Crippen molar-refractivity contribution in [3.05, 3.63) is 23.3 Å². The van der Waals surface area contributed by atoms with E-state index < -0.39 is 0 Å². The van der Waals surface area contributed by atoms with Crippen molar-refractivity contribution in [1.29, 1.82) is 0 Å². The Hall–Kier alpha value is -1.18. The van der Waals surface area contributed by atoms with Gasteiger partial charge in [-0.2, -0.15) is 0 Å². The number of hydrogen-bond donors (Lipinski definition) is 2. The molecule has 0 aliphatic heterocycles. The van der Waals surface area contributed by atoms with Crippen LogP contribution in [-0.2, 0) is 12.8 Å². The van der Waals surface area contributed by atoms with E-state index in [4.69, 9.17) is 0 Å². The molecule has 2 heteroatoms. The molecule has 1 aromatic rings. The minimum absolute atomic E-state index is 0.241. The van der Waals surface area contributed by atoms with Crippen LogP contribution in [0.25, 0.3) is 0 Å². The topological polar surface area (TPSA) is 40.5 Å². The highest BCUT2D eigenvalue weighted by atomic mass is 16.3. The molecule has 0 saturated heterocycles. The van der Waals surface area contributed by atoms with Crippen LogP contribution in [0.3, 0.4) is 0 Å². The van der Waals surface area contributed by atoms with Crippen molar-refractivity contribution in [2.45, 2.75) is 90.9 Å². The smallest absolute Gasteiger partial charge is 0.125 e. The summed E-state index contributed by atoms with van der Waals surface area (Å²) in [6.45, 7) is 4.28. The van der Waals surface area contributed by atoms with Crippen molar-refractivity contribution >= 4 is 0 Å². The maximum atomic E-state index is 10.2. The lowest BCUT2D eigenvalue weighted by Crippen LogP contribution is -1.92. The lowest BCUT2D eigenvalue weighted by atomic mass is 9.99. The van der Waals surface area contributed by atoms with Gasteiger partial charge in [0.05, 0.1) is 0 Å². The Morgan fingerprint density at radius 2 is 1.27 bits per heavy atom. The molecule has 0 amide bonds. The van der Waals surface area contributed by atoms with Gasteiger partial charge in [-0.15, -0.1) is 0 Å². The third-order valence-electron chi connectivity index (χ3n) is 4.50. The maximum absolute atomic E-state index is 10.2. The fourth-order valence-electron chi connectivity index (χ4n) is 3.00. The summed E-state index contributed by atoms with van der Waals surface area (Å²) in [7, 11) is 0. The van der Waals surface area contributed by atoms with Gasteiger partial charge in [0.1, 0.15) is 11.5 Å². The van der Waals surface area contributed by atoms with Gasteiger partial charge in [-0.25, -0.2) is 0 Å². The summed E-state index contributed by atoms with van der Waals surface area (Å²) < 4.78 is 0. The molecule has 2 nitrogen and oxygen atoms in total. The van der Waals surface area contributed by atoms with Gasteiger partial charge in [0.25, 0.3) is 0 Å². The molecule has 0 radical (unpaired) electrons. The van der Waals surface area contributed by atoms with Crippen LogP contribution in [0.1, 0.15) is 89.2 Å². The van der Waals surface area contributed by atoms with E-state index in [1.807, 2.05) is 13.0 Å². The molecule has 0 saturated carbocycles. The molecule has 0 unspecified atom stereocenters. The van der Waals surface area contributed by atoms with Crippen LogP contribution in [0.15, 0.2) is 12.1 Å². The fourth-order valence-corrected chi connectivity index (χ4v) is 3.00. The molecule has 0 aromatic heterocycles. The van der Waals surface area contributed by atoms with Gasteiger partial charge < -0.3 is 10.2 Å². The van der Waals surface area contributed by atoms with Gasteiger partial charge in [-0.1, -0.05) is 77.7 Å². The van der Waals surface area contributed by atoms with Crippen molar-refractivity contribution in [3.63, 3.8) is 0 Å². The molecule has 2 N–H and O–H groups in total. The fraction of sp³-hybridized carbons (Fsp3) is 0.700. The van der Waals surface area contributed by atoms with Crippen LogP contribution in [0, 0.1) is 0 Å². The largest absolute Gasteiger partial charge is 0.508 e. The van der Waals surface area contributed by atoms with Crippen molar-refractivity contribution in [2.24, 2.45) is 0 Å². The molecule has 0 atom stereocenters. The lowest BCUT2D eigenvalue weighted by molar-refractivity contribution is 0.431. The Balaban J connectivity index is 2.15. The molecular formula is C20H34O2. The van der Waals surface area contributed by atoms with Gasteiger partial charge in [-0.05, 0) is 30.9 Å². The van der Waals surface area contributed by atoms with Crippen LogP contribution in [0.5, 0.6) is 11.5 Å². The first-order valence-electron chi connectivity index (χ1n) is 9.23. The predicted octanol–water partition coefficient (Wildman–Crippen LogP) is 6.12. The summed E-state index contributed by atoms with van der Waals surface area (Å²) in [5.74, 6) is 0.545. The second kappa shape index (κ2) is 11.4. The molecule has 1 aromatic carbocycles. The van der Waals surface area contributed by atoms with Gasteiger partial charge in [0.15, 0.2) is 0 Å². The number of hydrogen-bond acceptors (Lipinski definition) is 2. The first kappa shape index (κ1) is 18.9. The minimum atomic E-state index is 0.241. The summed E-state index contributed by atoms with van der Waals surface area (Å²) in [6.07, 6.45) is 14.6. The Kier molecular flexibility index (Phi) is 9.77. The van der Waals surface area contributed by atoms with E-state index in [1.54, 1.807) is 6.07 Å². The van der Waals surface area contributed by atoms with Crippen molar-refractivity contribution < 1.29 is 10.2 Å². The van der Waals surface area contributed by atoms with Gasteiger partial charge in [0.2, 0.25) is 0 Å². The van der Waals surface area contributed by atoms with E-state index in [0.29, 0.717) is 5.75 Å². The average molecular weight is 306 g/mol. The van der Waals surface area contributed by atoms with Crippen molar-refractivity contribution in [1.82, 2.24) is 0 Å². The third kappa shape index (κ3) is 6.72. The highest BCUT2D eigenvalue weighted by Crippen LogP contribution is 2.32. The first-order valence-corrected chi connectivity index (χ1v) is 9.23. The molecule has 0 fully saturated rings. The molecule has 0 bridgehead atoms. The van der Waals surface area contributed by atoms with Crippen molar-refractivity contribution in [3.8, 4) is 11.5 Å². The van der Waals surface area contributed by atoms with Crippen LogP contribution in [0.4, 0.5) is 0 Å². The molecule has 0 spiro atoms.